The molecule has 0 fully saturated rings. The summed E-state index contributed by atoms with van der Waals surface area (Å²) in [5, 5.41) is 21.4. The summed E-state index contributed by atoms with van der Waals surface area (Å²) in [7, 11) is 0. The Bertz CT molecular complexity index is 1430. The molecule has 1 unspecified atom stereocenters. The average Bonchev–Trinajstić information content (AvgIpc) is 3.57. The van der Waals surface area contributed by atoms with Crippen LogP contribution in [0.5, 0.6) is 0 Å². The summed E-state index contributed by atoms with van der Waals surface area (Å²) in [5.41, 5.74) is 2.55. The average molecular weight is 525 g/mol. The summed E-state index contributed by atoms with van der Waals surface area (Å²) in [6, 6.07) is 12.0. The Balaban J connectivity index is 1.37. The predicted molar refractivity (Wildman–Crippen MR) is 136 cm³/mol. The first kappa shape index (κ1) is 25.0. The van der Waals surface area contributed by atoms with Gasteiger partial charge in [-0.05, 0) is 47.3 Å². The second-order valence-corrected chi connectivity index (χ2v) is 9.01. The molecule has 0 aliphatic rings. The van der Waals surface area contributed by atoms with E-state index in [4.69, 9.17) is 11.6 Å². The Morgan fingerprint density at radius 2 is 1.78 bits per heavy atom. The van der Waals surface area contributed by atoms with Crippen molar-refractivity contribution < 1.29 is 24.3 Å². The number of aliphatic carboxylic acids is 1. The van der Waals surface area contributed by atoms with Crippen molar-refractivity contribution in [2.75, 3.05) is 6.54 Å². The van der Waals surface area contributed by atoms with E-state index in [0.29, 0.717) is 12.1 Å². The maximum atomic E-state index is 12.7. The lowest BCUT2D eigenvalue weighted by atomic mass is 10.1. The fourth-order valence-corrected chi connectivity index (χ4v) is 4.45. The molecule has 2 heterocycles. The van der Waals surface area contributed by atoms with Gasteiger partial charge in [0.05, 0.1) is 10.6 Å². The van der Waals surface area contributed by atoms with Gasteiger partial charge in [0.15, 0.2) is 0 Å². The third kappa shape index (κ3) is 5.73. The number of H-pyrrole nitrogens is 1. The number of fused-ring (bicyclic) bond motifs is 1. The number of benzene rings is 2. The minimum Gasteiger partial charge on any atom is -0.480 e. The number of carboxylic acid groups (broad SMARTS) is 1. The van der Waals surface area contributed by atoms with E-state index in [1.54, 1.807) is 16.8 Å². The van der Waals surface area contributed by atoms with Crippen molar-refractivity contribution in [2.24, 2.45) is 0 Å². The van der Waals surface area contributed by atoms with Gasteiger partial charge in [-0.3, -0.25) is 14.4 Å². The number of rotatable bonds is 9. The minimum atomic E-state index is -1.38. The number of aromatic nitrogens is 1. The Labute approximate surface area is 214 Å². The largest absolute Gasteiger partial charge is 0.480 e. The fraction of sp³-hybridized carbons (Fsp3) is 0.120. The van der Waals surface area contributed by atoms with Gasteiger partial charge in [-0.1, -0.05) is 23.7 Å². The first-order valence-corrected chi connectivity index (χ1v) is 12.1. The van der Waals surface area contributed by atoms with Crippen LogP contribution in [0.3, 0.4) is 0 Å². The Hall–Kier alpha value is -4.15. The number of carbonyl (C=O) groups excluding carboxylic acids is 3. The topological polar surface area (TPSA) is 140 Å². The van der Waals surface area contributed by atoms with Crippen LogP contribution in [0.15, 0.2) is 65.5 Å². The summed E-state index contributed by atoms with van der Waals surface area (Å²) in [5.74, 6) is -2.89. The molecule has 4 rings (SSSR count). The molecule has 5 N–H and O–H groups in total. The van der Waals surface area contributed by atoms with Crippen LogP contribution in [0.4, 0.5) is 0 Å². The quantitative estimate of drug-likeness (QED) is 0.228. The van der Waals surface area contributed by atoms with Crippen molar-refractivity contribution >= 4 is 57.5 Å². The van der Waals surface area contributed by atoms with Crippen molar-refractivity contribution in [1.82, 2.24) is 20.9 Å². The molecule has 1 atom stereocenters. The maximum Gasteiger partial charge on any atom is 0.328 e. The lowest BCUT2D eigenvalue weighted by molar-refractivity contribution is -0.139. The van der Waals surface area contributed by atoms with Crippen LogP contribution in [0.2, 0.25) is 5.02 Å². The van der Waals surface area contributed by atoms with E-state index in [9.17, 15) is 24.3 Å². The molecular weight excluding hydrogens is 504 g/mol. The number of aromatic amines is 1. The number of nitrogens with one attached hydrogen (secondary N) is 4. The van der Waals surface area contributed by atoms with E-state index >= 15 is 0 Å². The third-order valence-electron chi connectivity index (χ3n) is 5.45. The van der Waals surface area contributed by atoms with Crippen LogP contribution in [0.1, 0.15) is 36.6 Å². The summed E-state index contributed by atoms with van der Waals surface area (Å²) in [6.45, 7) is -0.0208. The molecule has 4 aromatic rings. The predicted octanol–water partition coefficient (Wildman–Crippen LogP) is 3.43. The zero-order valence-corrected chi connectivity index (χ0v) is 20.3. The first-order chi connectivity index (χ1) is 17.3. The van der Waals surface area contributed by atoms with E-state index in [2.05, 4.69) is 20.9 Å². The molecule has 2 aromatic heterocycles. The van der Waals surface area contributed by atoms with Crippen LogP contribution in [-0.4, -0.2) is 46.4 Å². The molecule has 0 saturated heterocycles. The van der Waals surface area contributed by atoms with Crippen molar-refractivity contribution in [3.8, 4) is 0 Å². The normalized spacial score (nSPS) is 11.6. The molecule has 0 aliphatic carbocycles. The lowest BCUT2D eigenvalue weighted by Crippen LogP contribution is -2.48. The molecule has 0 spiro atoms. The van der Waals surface area contributed by atoms with Gasteiger partial charge in [0.2, 0.25) is 0 Å². The number of halogens is 1. The van der Waals surface area contributed by atoms with Crippen LogP contribution >= 0.6 is 22.9 Å². The van der Waals surface area contributed by atoms with Gasteiger partial charge in [0, 0.05) is 46.7 Å². The SMILES string of the molecule is O=C(NCc1cccc2[nH]ccc12)c1ccc(C(=O)NC(CNC(=O)c2ccsc2)C(=O)O)c(Cl)c1. The number of thiophene rings is 1. The highest BCUT2D eigenvalue weighted by Gasteiger charge is 2.23. The van der Waals surface area contributed by atoms with Crippen molar-refractivity contribution in [3.63, 3.8) is 0 Å². The molecule has 0 radical (unpaired) electrons. The maximum absolute atomic E-state index is 12.7. The van der Waals surface area contributed by atoms with Crippen molar-refractivity contribution in [2.45, 2.75) is 12.6 Å². The molecule has 184 valence electrons. The molecule has 9 nitrogen and oxygen atoms in total. The summed E-state index contributed by atoms with van der Waals surface area (Å²) in [4.78, 5) is 52.1. The lowest BCUT2D eigenvalue weighted by Gasteiger charge is -2.16. The number of hydrogen-bond acceptors (Lipinski definition) is 5. The van der Waals surface area contributed by atoms with Gasteiger partial charge in [-0.2, -0.15) is 11.3 Å². The molecule has 0 saturated carbocycles. The van der Waals surface area contributed by atoms with E-state index in [0.717, 1.165) is 16.5 Å². The molecule has 11 heteroatoms. The highest BCUT2D eigenvalue weighted by atomic mass is 35.5. The highest BCUT2D eigenvalue weighted by molar-refractivity contribution is 7.08. The first-order valence-electron chi connectivity index (χ1n) is 10.8. The standard InChI is InChI=1S/C25H21ClN4O5S/c26-19-10-14(22(31)28-11-15-2-1-3-20-17(15)6-8-27-20)4-5-18(19)24(33)30-21(25(34)35)12-29-23(32)16-7-9-36-13-16/h1-10,13,21,27H,11-12H2,(H,28,31)(H,29,32)(H,30,33)(H,34,35). The van der Waals surface area contributed by atoms with Crippen molar-refractivity contribution in [3.05, 3.63) is 92.8 Å². The zero-order chi connectivity index (χ0) is 25.7. The molecule has 0 bridgehead atoms. The molecule has 36 heavy (non-hydrogen) atoms. The highest BCUT2D eigenvalue weighted by Crippen LogP contribution is 2.20. The molecular formula is C25H21ClN4O5S. The molecule has 3 amide bonds. The van der Waals surface area contributed by atoms with Crippen LogP contribution in [0.25, 0.3) is 10.9 Å². The van der Waals surface area contributed by atoms with E-state index < -0.39 is 23.8 Å². The van der Waals surface area contributed by atoms with Gasteiger partial charge < -0.3 is 26.0 Å². The van der Waals surface area contributed by atoms with Crippen molar-refractivity contribution in [1.29, 1.82) is 0 Å². The van der Waals surface area contributed by atoms with Crippen LogP contribution < -0.4 is 16.0 Å². The van der Waals surface area contributed by atoms with Gasteiger partial charge in [-0.25, -0.2) is 4.79 Å². The number of hydrogen-bond donors (Lipinski definition) is 5. The van der Waals surface area contributed by atoms with Gasteiger partial charge in [-0.15, -0.1) is 0 Å². The molecule has 2 aromatic carbocycles. The summed E-state index contributed by atoms with van der Waals surface area (Å²) < 4.78 is 0. The zero-order valence-electron chi connectivity index (χ0n) is 18.7. The number of carboxylic acids is 1. The second-order valence-electron chi connectivity index (χ2n) is 7.82. The van der Waals surface area contributed by atoms with Crippen LogP contribution in [0, 0.1) is 0 Å². The van der Waals surface area contributed by atoms with E-state index in [-0.39, 0.29) is 28.6 Å². The number of amides is 3. The smallest absolute Gasteiger partial charge is 0.328 e. The van der Waals surface area contributed by atoms with Gasteiger partial charge in [0.1, 0.15) is 6.04 Å². The van der Waals surface area contributed by atoms with Crippen LogP contribution in [-0.2, 0) is 11.3 Å². The third-order valence-corrected chi connectivity index (χ3v) is 6.45. The van der Waals surface area contributed by atoms with E-state index in [1.165, 1.54) is 29.5 Å². The Morgan fingerprint density at radius 1 is 0.972 bits per heavy atom. The second kappa shape index (κ2) is 11.1. The van der Waals surface area contributed by atoms with Gasteiger partial charge in [0.25, 0.3) is 17.7 Å². The Morgan fingerprint density at radius 3 is 2.50 bits per heavy atom. The fourth-order valence-electron chi connectivity index (χ4n) is 3.55. The molecule has 0 aliphatic heterocycles. The summed E-state index contributed by atoms with van der Waals surface area (Å²) >= 11 is 7.58. The van der Waals surface area contributed by atoms with Gasteiger partial charge >= 0.3 is 5.97 Å². The van der Waals surface area contributed by atoms with E-state index in [1.807, 2.05) is 30.5 Å². The Kier molecular flexibility index (Phi) is 7.67. The summed E-state index contributed by atoms with van der Waals surface area (Å²) in [6.07, 6.45) is 1.83. The minimum absolute atomic E-state index is 0.000665. The monoisotopic (exact) mass is 524 g/mol. The number of carbonyl (C=O) groups is 4.